The lowest BCUT2D eigenvalue weighted by Gasteiger charge is -2.33. The Bertz CT molecular complexity index is 783. The van der Waals surface area contributed by atoms with E-state index in [1.54, 1.807) is 37.8 Å². The highest BCUT2D eigenvalue weighted by Crippen LogP contribution is 2.35. The van der Waals surface area contributed by atoms with Crippen LogP contribution in [0.5, 0.6) is 0 Å². The summed E-state index contributed by atoms with van der Waals surface area (Å²) in [6.07, 6.45) is -2.59. The van der Waals surface area contributed by atoms with E-state index in [9.17, 15) is 18.0 Å². The monoisotopic (exact) mass is 385 g/mol. The van der Waals surface area contributed by atoms with Crippen LogP contribution >= 0.6 is 0 Å². The molecule has 0 bridgehead atoms. The number of hydrogen-bond donors (Lipinski definition) is 0. The van der Waals surface area contributed by atoms with Gasteiger partial charge < -0.3 is 14.1 Å². The number of piperidine rings is 1. The van der Waals surface area contributed by atoms with E-state index < -0.39 is 23.6 Å². The number of furan rings is 1. The predicted octanol–water partition coefficient (Wildman–Crippen LogP) is 4.73. The molecule has 3 heterocycles. The molecule has 0 aromatic carbocycles. The third-order valence-electron chi connectivity index (χ3n) is 4.26. The Morgan fingerprint density at radius 2 is 1.93 bits per heavy atom. The van der Waals surface area contributed by atoms with E-state index in [-0.39, 0.29) is 11.7 Å². The highest BCUT2D eigenvalue weighted by Gasteiger charge is 2.37. The fraction of sp³-hybridized carbons (Fsp3) is 0.556. The first-order chi connectivity index (χ1) is 12.5. The van der Waals surface area contributed by atoms with Gasteiger partial charge in [-0.05, 0) is 51.8 Å². The minimum absolute atomic E-state index is 0.264. The highest BCUT2D eigenvalue weighted by atomic mass is 19.4. The molecule has 2 aromatic rings. The molecule has 27 heavy (non-hydrogen) atoms. The normalized spacial score (nSPS) is 16.6. The Balaban J connectivity index is 1.78. The van der Waals surface area contributed by atoms with Crippen molar-refractivity contribution in [1.29, 1.82) is 0 Å². The summed E-state index contributed by atoms with van der Waals surface area (Å²) in [5.41, 5.74) is -1.27. The second kappa shape index (κ2) is 6.94. The van der Waals surface area contributed by atoms with Gasteiger partial charge in [0.25, 0.3) is 0 Å². The van der Waals surface area contributed by atoms with Crippen LogP contribution in [0.25, 0.3) is 11.5 Å². The van der Waals surface area contributed by atoms with E-state index in [1.807, 2.05) is 0 Å². The van der Waals surface area contributed by atoms with Gasteiger partial charge in [0, 0.05) is 13.1 Å². The van der Waals surface area contributed by atoms with Crippen LogP contribution in [0.15, 0.2) is 28.9 Å². The molecule has 0 atom stereocenters. The molecule has 1 saturated heterocycles. The number of ether oxygens (including phenoxy) is 1. The molecule has 148 valence electrons. The number of amides is 1. The van der Waals surface area contributed by atoms with Crippen molar-refractivity contribution in [2.45, 2.75) is 51.4 Å². The van der Waals surface area contributed by atoms with Gasteiger partial charge in [0.15, 0.2) is 11.5 Å². The van der Waals surface area contributed by atoms with E-state index in [4.69, 9.17) is 9.15 Å². The molecule has 0 N–H and O–H groups in total. The molecule has 1 amide bonds. The van der Waals surface area contributed by atoms with Crippen molar-refractivity contribution in [2.24, 2.45) is 0 Å². The Morgan fingerprint density at radius 3 is 2.44 bits per heavy atom. The summed E-state index contributed by atoms with van der Waals surface area (Å²) in [5, 5.41) is 3.79. The van der Waals surface area contributed by atoms with Crippen LogP contribution in [-0.4, -0.2) is 39.5 Å². The summed E-state index contributed by atoms with van der Waals surface area (Å²) in [7, 11) is 0. The summed E-state index contributed by atoms with van der Waals surface area (Å²) in [4.78, 5) is 13.7. The standard InChI is InChI=1S/C18H22F3N3O3/c1-17(2,3)27-16(25)23-8-6-12(7-9-23)24-13(14-5-4-10-26-14)11-15(22-24)18(19,20)21/h4-5,10-12H,6-9H2,1-3H3. The molecule has 3 rings (SSSR count). The van der Waals surface area contributed by atoms with Gasteiger partial charge >= 0.3 is 12.3 Å². The van der Waals surface area contributed by atoms with E-state index >= 15 is 0 Å². The Morgan fingerprint density at radius 1 is 1.26 bits per heavy atom. The number of carbonyl (C=O) groups is 1. The third kappa shape index (κ3) is 4.45. The van der Waals surface area contributed by atoms with Crippen molar-refractivity contribution in [1.82, 2.24) is 14.7 Å². The van der Waals surface area contributed by atoms with Crippen LogP contribution in [0.4, 0.5) is 18.0 Å². The highest BCUT2D eigenvalue weighted by molar-refractivity contribution is 5.68. The first-order valence-corrected chi connectivity index (χ1v) is 8.73. The molecule has 1 aliphatic heterocycles. The van der Waals surface area contributed by atoms with E-state index in [2.05, 4.69) is 5.10 Å². The lowest BCUT2D eigenvalue weighted by Crippen LogP contribution is -2.42. The molecule has 0 radical (unpaired) electrons. The van der Waals surface area contributed by atoms with Crippen molar-refractivity contribution < 1.29 is 27.1 Å². The molecule has 0 spiro atoms. The second-order valence-electron chi connectivity index (χ2n) is 7.53. The Kier molecular flexibility index (Phi) is 4.96. The topological polar surface area (TPSA) is 60.5 Å². The summed E-state index contributed by atoms with van der Waals surface area (Å²) in [6.45, 7) is 6.14. The van der Waals surface area contributed by atoms with Gasteiger partial charge in [-0.1, -0.05) is 0 Å². The fourth-order valence-electron chi connectivity index (χ4n) is 3.04. The van der Waals surface area contributed by atoms with Gasteiger partial charge in [-0.3, -0.25) is 4.68 Å². The summed E-state index contributed by atoms with van der Waals surface area (Å²) in [6, 6.07) is 3.95. The smallest absolute Gasteiger partial charge is 0.435 e. The van der Waals surface area contributed by atoms with Crippen LogP contribution in [0.3, 0.4) is 0 Å². The first kappa shape index (κ1) is 19.3. The number of halogens is 3. The van der Waals surface area contributed by atoms with E-state index in [0.717, 1.165) is 6.07 Å². The number of aromatic nitrogens is 2. The van der Waals surface area contributed by atoms with Crippen molar-refractivity contribution in [3.8, 4) is 11.5 Å². The maximum atomic E-state index is 13.1. The molecule has 1 fully saturated rings. The van der Waals surface area contributed by atoms with Crippen molar-refractivity contribution in [2.75, 3.05) is 13.1 Å². The molecule has 6 nitrogen and oxygen atoms in total. The van der Waals surface area contributed by atoms with E-state index in [0.29, 0.717) is 31.7 Å². The van der Waals surface area contributed by atoms with Crippen LogP contribution in [0.1, 0.15) is 45.3 Å². The lowest BCUT2D eigenvalue weighted by atomic mass is 10.1. The quantitative estimate of drug-likeness (QED) is 0.750. The van der Waals surface area contributed by atoms with E-state index in [1.165, 1.54) is 10.9 Å². The predicted molar refractivity (Wildman–Crippen MR) is 91.0 cm³/mol. The Hall–Kier alpha value is -2.45. The number of nitrogens with zero attached hydrogens (tertiary/aromatic N) is 3. The van der Waals surface area contributed by atoms with Crippen LogP contribution in [-0.2, 0) is 10.9 Å². The van der Waals surface area contributed by atoms with Gasteiger partial charge in [-0.15, -0.1) is 0 Å². The fourth-order valence-corrected chi connectivity index (χ4v) is 3.04. The zero-order valence-electron chi connectivity index (χ0n) is 15.4. The maximum Gasteiger partial charge on any atom is 0.435 e. The number of carbonyl (C=O) groups excluding carboxylic acids is 1. The minimum atomic E-state index is -4.54. The number of alkyl halides is 3. The Labute approximate surface area is 154 Å². The molecule has 9 heteroatoms. The molecule has 2 aromatic heterocycles. The maximum absolute atomic E-state index is 13.1. The zero-order valence-corrected chi connectivity index (χ0v) is 15.4. The summed E-state index contributed by atoms with van der Waals surface area (Å²) >= 11 is 0. The average Bonchev–Trinajstić information content (AvgIpc) is 3.22. The SMILES string of the molecule is CC(C)(C)OC(=O)N1CCC(n2nc(C(F)(F)F)cc2-c2ccco2)CC1. The van der Waals surface area contributed by atoms with Crippen molar-refractivity contribution >= 4 is 6.09 Å². The van der Waals surface area contributed by atoms with Crippen LogP contribution < -0.4 is 0 Å². The van der Waals surface area contributed by atoms with Crippen molar-refractivity contribution in [3.63, 3.8) is 0 Å². The molecule has 0 unspecified atom stereocenters. The van der Waals surface area contributed by atoms with Gasteiger partial charge in [0.05, 0.1) is 12.3 Å². The van der Waals surface area contributed by atoms with Gasteiger partial charge in [0.2, 0.25) is 0 Å². The largest absolute Gasteiger partial charge is 0.463 e. The molecule has 0 saturated carbocycles. The first-order valence-electron chi connectivity index (χ1n) is 8.73. The van der Waals surface area contributed by atoms with Gasteiger partial charge in [-0.2, -0.15) is 18.3 Å². The zero-order chi connectivity index (χ0) is 19.8. The van der Waals surface area contributed by atoms with Crippen LogP contribution in [0.2, 0.25) is 0 Å². The molecule has 0 aliphatic carbocycles. The second-order valence-corrected chi connectivity index (χ2v) is 7.53. The van der Waals surface area contributed by atoms with Crippen LogP contribution in [0, 0.1) is 0 Å². The molecular weight excluding hydrogens is 363 g/mol. The lowest BCUT2D eigenvalue weighted by molar-refractivity contribution is -0.141. The molecular formula is C18H22F3N3O3. The van der Waals surface area contributed by atoms with Crippen molar-refractivity contribution in [3.05, 3.63) is 30.2 Å². The van der Waals surface area contributed by atoms with Gasteiger partial charge in [-0.25, -0.2) is 4.79 Å². The average molecular weight is 385 g/mol. The number of hydrogen-bond acceptors (Lipinski definition) is 4. The minimum Gasteiger partial charge on any atom is -0.463 e. The summed E-state index contributed by atoms with van der Waals surface area (Å²) in [5.74, 6) is 0.326. The number of rotatable bonds is 2. The summed E-state index contributed by atoms with van der Waals surface area (Å²) < 4.78 is 51.4. The molecule has 1 aliphatic rings. The third-order valence-corrected chi connectivity index (χ3v) is 4.26. The van der Waals surface area contributed by atoms with Gasteiger partial charge in [0.1, 0.15) is 11.3 Å². The number of likely N-dealkylation sites (tertiary alicyclic amines) is 1.